The van der Waals surface area contributed by atoms with E-state index in [1.54, 1.807) is 12.1 Å². The van der Waals surface area contributed by atoms with Crippen molar-refractivity contribution >= 4 is 6.29 Å². The summed E-state index contributed by atoms with van der Waals surface area (Å²) < 4.78 is 13.5. The molecule has 0 saturated heterocycles. The Morgan fingerprint density at radius 1 is 1.36 bits per heavy atom. The van der Waals surface area contributed by atoms with Gasteiger partial charge in [0.15, 0.2) is 0 Å². The molecule has 0 aromatic heterocycles. The van der Waals surface area contributed by atoms with Gasteiger partial charge in [-0.25, -0.2) is 4.39 Å². The second-order valence-electron chi connectivity index (χ2n) is 3.41. The quantitative estimate of drug-likeness (QED) is 0.670. The largest absolute Gasteiger partial charge is 0.298 e. The Balaban J connectivity index is 3.03. The van der Waals surface area contributed by atoms with E-state index in [-0.39, 0.29) is 11.7 Å². The van der Waals surface area contributed by atoms with Gasteiger partial charge in [0.25, 0.3) is 0 Å². The highest BCUT2D eigenvalue weighted by Crippen LogP contribution is 2.25. The van der Waals surface area contributed by atoms with Crippen molar-refractivity contribution in [3.8, 4) is 0 Å². The molecule has 0 unspecified atom stereocenters. The smallest absolute Gasteiger partial charge is 0.150 e. The number of benzene rings is 1. The van der Waals surface area contributed by atoms with Crippen molar-refractivity contribution in [1.29, 1.82) is 0 Å². The summed E-state index contributed by atoms with van der Waals surface area (Å²) in [6.45, 7) is 4.09. The maximum absolute atomic E-state index is 13.5. The Morgan fingerprint density at radius 2 is 2.00 bits per heavy atom. The average molecular weight is 194 g/mol. The Hall–Kier alpha value is -1.18. The minimum atomic E-state index is -0.261. The monoisotopic (exact) mass is 194 g/mol. The van der Waals surface area contributed by atoms with Gasteiger partial charge in [-0.1, -0.05) is 26.0 Å². The lowest BCUT2D eigenvalue weighted by molar-refractivity contribution is 0.112. The number of rotatable bonds is 4. The van der Waals surface area contributed by atoms with Crippen molar-refractivity contribution in [3.05, 3.63) is 35.1 Å². The summed E-state index contributed by atoms with van der Waals surface area (Å²) >= 11 is 0. The van der Waals surface area contributed by atoms with Crippen molar-refractivity contribution in [1.82, 2.24) is 0 Å². The summed E-state index contributed by atoms with van der Waals surface area (Å²) in [6, 6.07) is 4.70. The van der Waals surface area contributed by atoms with Gasteiger partial charge in [0.2, 0.25) is 0 Å². The van der Waals surface area contributed by atoms with E-state index in [1.807, 2.05) is 13.8 Å². The van der Waals surface area contributed by atoms with Crippen LogP contribution in [0.4, 0.5) is 4.39 Å². The summed E-state index contributed by atoms with van der Waals surface area (Å²) in [7, 11) is 0. The van der Waals surface area contributed by atoms with Crippen LogP contribution in [-0.2, 0) is 0 Å². The van der Waals surface area contributed by atoms with Gasteiger partial charge in [-0.3, -0.25) is 4.79 Å². The van der Waals surface area contributed by atoms with Crippen molar-refractivity contribution in [3.63, 3.8) is 0 Å². The Kier molecular flexibility index (Phi) is 3.81. The van der Waals surface area contributed by atoms with E-state index in [0.717, 1.165) is 18.4 Å². The fourth-order valence-electron chi connectivity index (χ4n) is 1.68. The van der Waals surface area contributed by atoms with Crippen LogP contribution in [-0.4, -0.2) is 6.29 Å². The lowest BCUT2D eigenvalue weighted by Gasteiger charge is -2.13. The number of halogens is 1. The first-order valence-corrected chi connectivity index (χ1v) is 4.97. The molecule has 1 aromatic rings. The third-order valence-corrected chi connectivity index (χ3v) is 2.59. The number of carbonyl (C=O) groups is 1. The van der Waals surface area contributed by atoms with E-state index >= 15 is 0 Å². The van der Waals surface area contributed by atoms with E-state index in [4.69, 9.17) is 0 Å². The Bertz CT molecular complexity index is 316. The van der Waals surface area contributed by atoms with Crippen LogP contribution in [0.3, 0.4) is 0 Å². The summed E-state index contributed by atoms with van der Waals surface area (Å²) in [5.41, 5.74) is 1.12. The van der Waals surface area contributed by atoms with Crippen LogP contribution in [0.25, 0.3) is 0 Å². The third-order valence-electron chi connectivity index (χ3n) is 2.59. The number of hydrogen-bond acceptors (Lipinski definition) is 1. The van der Waals surface area contributed by atoms with Crippen LogP contribution in [0.1, 0.15) is 48.5 Å². The molecule has 0 spiro atoms. The summed E-state index contributed by atoms with van der Waals surface area (Å²) in [6.07, 6.45) is 2.52. The number of aldehydes is 1. The molecule has 1 aromatic carbocycles. The van der Waals surface area contributed by atoms with Crippen LogP contribution in [0.2, 0.25) is 0 Å². The summed E-state index contributed by atoms with van der Waals surface area (Å²) in [5, 5.41) is 0. The van der Waals surface area contributed by atoms with Crippen LogP contribution in [0.5, 0.6) is 0 Å². The van der Waals surface area contributed by atoms with E-state index < -0.39 is 0 Å². The molecule has 2 heteroatoms. The molecular weight excluding hydrogens is 179 g/mol. The predicted octanol–water partition coefficient (Wildman–Crippen LogP) is 3.54. The Morgan fingerprint density at radius 3 is 2.43 bits per heavy atom. The molecule has 0 fully saturated rings. The maximum atomic E-state index is 13.5. The van der Waals surface area contributed by atoms with Crippen LogP contribution >= 0.6 is 0 Å². The molecule has 76 valence electrons. The highest BCUT2D eigenvalue weighted by Gasteiger charge is 2.11. The van der Waals surface area contributed by atoms with Crippen LogP contribution in [0, 0.1) is 5.82 Å². The lowest BCUT2D eigenvalue weighted by Crippen LogP contribution is -1.99. The Labute approximate surface area is 83.9 Å². The second kappa shape index (κ2) is 4.89. The van der Waals surface area contributed by atoms with Gasteiger partial charge in [0.1, 0.15) is 12.1 Å². The number of carbonyl (C=O) groups excluding carboxylic acids is 1. The minimum absolute atomic E-state index is 0.260. The molecule has 0 atom stereocenters. The fourth-order valence-corrected chi connectivity index (χ4v) is 1.68. The molecule has 0 radical (unpaired) electrons. The zero-order valence-electron chi connectivity index (χ0n) is 8.59. The highest BCUT2D eigenvalue weighted by molar-refractivity contribution is 5.74. The van der Waals surface area contributed by atoms with Gasteiger partial charge in [-0.2, -0.15) is 0 Å². The SMILES string of the molecule is CCC(CC)c1ccc(C=O)cc1F. The topological polar surface area (TPSA) is 17.1 Å². The number of hydrogen-bond donors (Lipinski definition) is 0. The molecule has 0 aliphatic carbocycles. The van der Waals surface area contributed by atoms with Crippen molar-refractivity contribution in [2.45, 2.75) is 32.6 Å². The van der Waals surface area contributed by atoms with E-state index in [1.165, 1.54) is 6.07 Å². The molecule has 0 saturated carbocycles. The van der Waals surface area contributed by atoms with E-state index in [9.17, 15) is 9.18 Å². The van der Waals surface area contributed by atoms with Gasteiger partial charge >= 0.3 is 0 Å². The molecule has 1 rings (SSSR count). The third kappa shape index (κ3) is 2.19. The minimum Gasteiger partial charge on any atom is -0.298 e. The van der Waals surface area contributed by atoms with E-state index in [2.05, 4.69) is 0 Å². The molecule has 0 aliphatic rings. The highest BCUT2D eigenvalue weighted by atomic mass is 19.1. The normalized spacial score (nSPS) is 10.6. The lowest BCUT2D eigenvalue weighted by atomic mass is 9.93. The molecule has 0 amide bonds. The van der Waals surface area contributed by atoms with Gasteiger partial charge in [0.05, 0.1) is 0 Å². The molecule has 0 aliphatic heterocycles. The second-order valence-corrected chi connectivity index (χ2v) is 3.41. The van der Waals surface area contributed by atoms with Crippen molar-refractivity contribution in [2.75, 3.05) is 0 Å². The fraction of sp³-hybridized carbons (Fsp3) is 0.417. The average Bonchev–Trinajstić information content (AvgIpc) is 2.22. The molecule has 0 heterocycles. The summed E-state index contributed by atoms with van der Waals surface area (Å²) in [4.78, 5) is 10.4. The first-order valence-electron chi connectivity index (χ1n) is 4.97. The van der Waals surface area contributed by atoms with Crippen molar-refractivity contribution in [2.24, 2.45) is 0 Å². The molecular formula is C12H15FO. The van der Waals surface area contributed by atoms with E-state index in [0.29, 0.717) is 11.8 Å². The summed E-state index contributed by atoms with van der Waals surface area (Å²) in [5.74, 6) is -0.000924. The first kappa shape index (κ1) is 10.9. The van der Waals surface area contributed by atoms with Gasteiger partial charge in [0, 0.05) is 5.56 Å². The standard InChI is InChI=1S/C12H15FO/c1-3-10(4-2)11-6-5-9(8-14)7-12(11)13/h5-8,10H,3-4H2,1-2H3. The predicted molar refractivity (Wildman–Crippen MR) is 55.1 cm³/mol. The van der Waals surface area contributed by atoms with Gasteiger partial charge in [-0.05, 0) is 30.4 Å². The van der Waals surface area contributed by atoms with Crippen LogP contribution < -0.4 is 0 Å². The van der Waals surface area contributed by atoms with Crippen molar-refractivity contribution < 1.29 is 9.18 Å². The van der Waals surface area contributed by atoms with Gasteiger partial charge in [-0.15, -0.1) is 0 Å². The zero-order chi connectivity index (χ0) is 10.6. The molecule has 1 nitrogen and oxygen atoms in total. The van der Waals surface area contributed by atoms with Gasteiger partial charge < -0.3 is 0 Å². The molecule has 0 N–H and O–H groups in total. The zero-order valence-corrected chi connectivity index (χ0v) is 8.59. The maximum Gasteiger partial charge on any atom is 0.150 e. The molecule has 0 bridgehead atoms. The van der Waals surface area contributed by atoms with Crippen LogP contribution in [0.15, 0.2) is 18.2 Å². The molecule has 14 heavy (non-hydrogen) atoms. The first-order chi connectivity index (χ1) is 6.72.